The Kier molecular flexibility index (Phi) is 4.94. The Morgan fingerprint density at radius 1 is 1.35 bits per heavy atom. The van der Waals surface area contributed by atoms with Crippen LogP contribution in [-0.2, 0) is 24.2 Å². The van der Waals surface area contributed by atoms with E-state index in [0.717, 1.165) is 44.0 Å². The molecule has 20 heavy (non-hydrogen) atoms. The zero-order chi connectivity index (χ0) is 14.7. The standard InChI is InChI=1S/C15H26N4O/c1-5-12-9-13(19(6-2)16-12)10-15(20)14-11-17(3)7-8-18(14)4/h9,14H,5-8,10-11H2,1-4H3. The highest BCUT2D eigenvalue weighted by Gasteiger charge is 2.28. The van der Waals surface area contributed by atoms with Gasteiger partial charge in [-0.15, -0.1) is 0 Å². The molecule has 112 valence electrons. The molecule has 1 aliphatic rings. The van der Waals surface area contributed by atoms with Crippen LogP contribution in [0.2, 0.25) is 0 Å². The van der Waals surface area contributed by atoms with Gasteiger partial charge in [-0.05, 0) is 33.5 Å². The number of Topliss-reactive ketones (excluding diaryl/α,β-unsaturated/α-hetero) is 1. The van der Waals surface area contributed by atoms with Crippen LogP contribution in [0, 0.1) is 0 Å². The van der Waals surface area contributed by atoms with Crippen molar-refractivity contribution in [2.75, 3.05) is 33.7 Å². The summed E-state index contributed by atoms with van der Waals surface area (Å²) >= 11 is 0. The molecule has 1 aromatic rings. The third kappa shape index (κ3) is 3.27. The van der Waals surface area contributed by atoms with E-state index in [-0.39, 0.29) is 6.04 Å². The highest BCUT2D eigenvalue weighted by Crippen LogP contribution is 2.12. The number of aromatic nitrogens is 2. The molecule has 0 aromatic carbocycles. The first-order valence-electron chi connectivity index (χ1n) is 7.52. The average molecular weight is 278 g/mol. The molecule has 1 fully saturated rings. The van der Waals surface area contributed by atoms with Crippen molar-refractivity contribution < 1.29 is 4.79 Å². The number of nitrogens with zero attached hydrogens (tertiary/aromatic N) is 4. The zero-order valence-electron chi connectivity index (χ0n) is 13.1. The molecule has 2 rings (SSSR count). The molecule has 5 heteroatoms. The fraction of sp³-hybridized carbons (Fsp3) is 0.733. The minimum Gasteiger partial charge on any atom is -0.303 e. The van der Waals surface area contributed by atoms with Crippen molar-refractivity contribution >= 4 is 5.78 Å². The fourth-order valence-corrected chi connectivity index (χ4v) is 2.76. The topological polar surface area (TPSA) is 41.4 Å². The van der Waals surface area contributed by atoms with Crippen LogP contribution in [0.4, 0.5) is 0 Å². The van der Waals surface area contributed by atoms with E-state index in [1.807, 2.05) is 11.7 Å². The van der Waals surface area contributed by atoms with Crippen molar-refractivity contribution in [3.8, 4) is 0 Å². The molecule has 1 saturated heterocycles. The van der Waals surface area contributed by atoms with Crippen LogP contribution in [0.15, 0.2) is 6.07 Å². The number of hydrogen-bond donors (Lipinski definition) is 0. The van der Waals surface area contributed by atoms with E-state index < -0.39 is 0 Å². The van der Waals surface area contributed by atoms with E-state index in [4.69, 9.17) is 0 Å². The second kappa shape index (κ2) is 6.50. The summed E-state index contributed by atoms with van der Waals surface area (Å²) in [6.07, 6.45) is 1.41. The maximum absolute atomic E-state index is 12.6. The van der Waals surface area contributed by atoms with Crippen LogP contribution in [0.3, 0.4) is 0 Å². The summed E-state index contributed by atoms with van der Waals surface area (Å²) in [6.45, 7) is 7.81. The molecular formula is C15H26N4O. The number of ketones is 1. The smallest absolute Gasteiger partial charge is 0.157 e. The second-order valence-electron chi connectivity index (χ2n) is 5.70. The van der Waals surface area contributed by atoms with Gasteiger partial charge in [0, 0.05) is 31.9 Å². The van der Waals surface area contributed by atoms with Crippen molar-refractivity contribution in [3.63, 3.8) is 0 Å². The summed E-state index contributed by atoms with van der Waals surface area (Å²) in [5.41, 5.74) is 2.12. The molecule has 0 aliphatic carbocycles. The third-order valence-corrected chi connectivity index (χ3v) is 4.15. The summed E-state index contributed by atoms with van der Waals surface area (Å²) in [7, 11) is 4.13. The van der Waals surface area contributed by atoms with Gasteiger partial charge in [0.05, 0.1) is 18.2 Å². The van der Waals surface area contributed by atoms with Crippen LogP contribution in [-0.4, -0.2) is 65.1 Å². The van der Waals surface area contributed by atoms with Gasteiger partial charge in [-0.1, -0.05) is 6.92 Å². The van der Waals surface area contributed by atoms with Crippen LogP contribution < -0.4 is 0 Å². The predicted octanol–water partition coefficient (Wildman–Crippen LogP) is 0.823. The fourth-order valence-electron chi connectivity index (χ4n) is 2.76. The lowest BCUT2D eigenvalue weighted by Crippen LogP contribution is -2.54. The van der Waals surface area contributed by atoms with Crippen molar-refractivity contribution in [2.45, 2.75) is 39.3 Å². The van der Waals surface area contributed by atoms with Gasteiger partial charge in [-0.3, -0.25) is 14.4 Å². The Bertz CT molecular complexity index is 468. The van der Waals surface area contributed by atoms with Crippen molar-refractivity contribution in [3.05, 3.63) is 17.5 Å². The lowest BCUT2D eigenvalue weighted by atomic mass is 10.0. The lowest BCUT2D eigenvalue weighted by molar-refractivity contribution is -0.125. The molecule has 1 unspecified atom stereocenters. The Hall–Kier alpha value is -1.20. The maximum Gasteiger partial charge on any atom is 0.157 e. The molecule has 5 nitrogen and oxygen atoms in total. The van der Waals surface area contributed by atoms with E-state index in [2.05, 4.69) is 41.9 Å². The van der Waals surface area contributed by atoms with Gasteiger partial charge in [0.15, 0.2) is 5.78 Å². The molecule has 0 bridgehead atoms. The largest absolute Gasteiger partial charge is 0.303 e. The van der Waals surface area contributed by atoms with E-state index in [0.29, 0.717) is 12.2 Å². The Labute approximate surface area is 121 Å². The normalized spacial score (nSPS) is 21.3. The third-order valence-electron chi connectivity index (χ3n) is 4.15. The molecule has 1 atom stereocenters. The summed E-state index contributed by atoms with van der Waals surface area (Å²) < 4.78 is 1.96. The van der Waals surface area contributed by atoms with Gasteiger partial charge < -0.3 is 4.90 Å². The lowest BCUT2D eigenvalue weighted by Gasteiger charge is -2.36. The van der Waals surface area contributed by atoms with Crippen LogP contribution in [0.25, 0.3) is 0 Å². The molecular weight excluding hydrogens is 252 g/mol. The van der Waals surface area contributed by atoms with Crippen LogP contribution in [0.1, 0.15) is 25.2 Å². The van der Waals surface area contributed by atoms with Crippen molar-refractivity contribution in [1.82, 2.24) is 19.6 Å². The van der Waals surface area contributed by atoms with E-state index >= 15 is 0 Å². The second-order valence-corrected chi connectivity index (χ2v) is 5.70. The molecule has 0 spiro atoms. The molecule has 0 amide bonds. The Balaban J connectivity index is 2.08. The molecule has 0 radical (unpaired) electrons. The number of likely N-dealkylation sites (N-methyl/N-ethyl adjacent to an activating group) is 2. The predicted molar refractivity (Wildman–Crippen MR) is 79.9 cm³/mol. The van der Waals surface area contributed by atoms with Gasteiger partial charge >= 0.3 is 0 Å². The monoisotopic (exact) mass is 278 g/mol. The summed E-state index contributed by atoms with van der Waals surface area (Å²) in [5.74, 6) is 0.302. The van der Waals surface area contributed by atoms with Gasteiger partial charge in [-0.25, -0.2) is 0 Å². The first-order valence-corrected chi connectivity index (χ1v) is 7.52. The van der Waals surface area contributed by atoms with Crippen LogP contribution in [0.5, 0.6) is 0 Å². The number of aryl methyl sites for hydroxylation is 2. The van der Waals surface area contributed by atoms with E-state index in [9.17, 15) is 4.79 Å². The first-order chi connectivity index (χ1) is 9.55. The Morgan fingerprint density at radius 2 is 2.10 bits per heavy atom. The number of carbonyl (C=O) groups is 1. The van der Waals surface area contributed by atoms with Crippen molar-refractivity contribution in [2.24, 2.45) is 0 Å². The highest BCUT2D eigenvalue weighted by atomic mass is 16.1. The van der Waals surface area contributed by atoms with Gasteiger partial charge in [0.1, 0.15) is 0 Å². The number of rotatable bonds is 5. The molecule has 0 saturated carbocycles. The molecule has 2 heterocycles. The summed E-state index contributed by atoms with van der Waals surface area (Å²) in [6, 6.07) is 2.09. The first kappa shape index (κ1) is 15.2. The van der Waals surface area contributed by atoms with Crippen molar-refractivity contribution in [1.29, 1.82) is 0 Å². The maximum atomic E-state index is 12.6. The number of carbonyl (C=O) groups excluding carboxylic acids is 1. The van der Waals surface area contributed by atoms with E-state index in [1.165, 1.54) is 0 Å². The van der Waals surface area contributed by atoms with Crippen LogP contribution >= 0.6 is 0 Å². The summed E-state index contributed by atoms with van der Waals surface area (Å²) in [4.78, 5) is 17.0. The molecule has 0 N–H and O–H groups in total. The number of piperazine rings is 1. The van der Waals surface area contributed by atoms with Gasteiger partial charge in [0.25, 0.3) is 0 Å². The van der Waals surface area contributed by atoms with E-state index in [1.54, 1.807) is 0 Å². The number of hydrogen-bond acceptors (Lipinski definition) is 4. The molecule has 1 aliphatic heterocycles. The SMILES string of the molecule is CCc1cc(CC(=O)C2CN(C)CCN2C)n(CC)n1. The quantitative estimate of drug-likeness (QED) is 0.800. The summed E-state index contributed by atoms with van der Waals surface area (Å²) in [5, 5.41) is 4.52. The highest BCUT2D eigenvalue weighted by molar-refractivity contribution is 5.86. The zero-order valence-corrected chi connectivity index (χ0v) is 13.1. The average Bonchev–Trinajstić information content (AvgIpc) is 2.83. The van der Waals surface area contributed by atoms with Gasteiger partial charge in [0.2, 0.25) is 0 Å². The minimum absolute atomic E-state index is 0.0130. The van der Waals surface area contributed by atoms with Gasteiger partial charge in [-0.2, -0.15) is 5.10 Å². The minimum atomic E-state index is 0.0130. The Morgan fingerprint density at radius 3 is 2.75 bits per heavy atom. The molecule has 1 aromatic heterocycles.